The molecule has 12 rings (SSSR count). The second kappa shape index (κ2) is 9.13. The van der Waals surface area contributed by atoms with Crippen molar-refractivity contribution in [2.24, 2.45) is 0 Å². The van der Waals surface area contributed by atoms with Gasteiger partial charge >= 0.3 is 0 Å². The van der Waals surface area contributed by atoms with Crippen molar-refractivity contribution < 1.29 is 4.42 Å². The number of benzene rings is 11. The molecule has 1 aromatic heterocycles. The third-order valence-electron chi connectivity index (χ3n) is 11.1. The zero-order chi connectivity index (χ0) is 31.8. The molecule has 1 heteroatoms. The Morgan fingerprint density at radius 2 is 0.796 bits per heavy atom. The molecule has 0 aliphatic rings. The zero-order valence-electron chi connectivity index (χ0n) is 26.4. The third kappa shape index (κ3) is 3.34. The maximum atomic E-state index is 6.71. The van der Waals surface area contributed by atoms with E-state index in [1.165, 1.54) is 92.3 Å². The average Bonchev–Trinajstić information content (AvgIpc) is 3.55. The summed E-state index contributed by atoms with van der Waals surface area (Å²) in [4.78, 5) is 0. The lowest BCUT2D eigenvalue weighted by Gasteiger charge is -2.18. The molecule has 49 heavy (non-hydrogen) atoms. The lowest BCUT2D eigenvalue weighted by molar-refractivity contribution is 0.672. The Hall–Kier alpha value is -6.44. The quantitative estimate of drug-likeness (QED) is 0.176. The van der Waals surface area contributed by atoms with E-state index in [1.54, 1.807) is 0 Å². The van der Waals surface area contributed by atoms with Crippen LogP contribution < -0.4 is 0 Å². The molecule has 0 saturated heterocycles. The molecule has 0 spiro atoms. The molecule has 1 nitrogen and oxygen atoms in total. The number of hydrogen-bond acceptors (Lipinski definition) is 1. The molecule has 12 aromatic rings. The van der Waals surface area contributed by atoms with Crippen LogP contribution in [0.15, 0.2) is 162 Å². The molecule has 0 aliphatic carbocycles. The summed E-state index contributed by atoms with van der Waals surface area (Å²) in [6.07, 6.45) is 0. The SMILES string of the molecule is c1cc2ccc3ccc(-c4cc(-c5ccc6ccc7cccc8ccc5c6c78)c5ccc6c7ccccc7oc6c5c4)c4ccc(c1)c2c34. The van der Waals surface area contributed by atoms with E-state index in [2.05, 4.69) is 158 Å². The van der Waals surface area contributed by atoms with E-state index in [4.69, 9.17) is 4.42 Å². The Bertz CT molecular complexity index is 3290. The minimum absolute atomic E-state index is 0.919. The van der Waals surface area contributed by atoms with Crippen LogP contribution >= 0.6 is 0 Å². The van der Waals surface area contributed by atoms with E-state index in [0.29, 0.717) is 0 Å². The summed E-state index contributed by atoms with van der Waals surface area (Å²) in [5, 5.41) is 20.2. The van der Waals surface area contributed by atoms with Gasteiger partial charge in [-0.2, -0.15) is 0 Å². The zero-order valence-corrected chi connectivity index (χ0v) is 26.4. The van der Waals surface area contributed by atoms with Crippen LogP contribution in [0.4, 0.5) is 0 Å². The standard InChI is InChI=1S/C48H26O/c1-2-10-43-37(9-1)40-24-23-36-41(35-20-16-32-14-12-28-6-4-8-30-18-22-39(35)47(32)45(28)30)25-33(26-42(36)48(40)49-43)34-19-15-31-13-11-27-5-3-7-29-17-21-38(34)46(31)44(27)29/h1-26H. The number of para-hydroxylation sites is 1. The summed E-state index contributed by atoms with van der Waals surface area (Å²) in [5.41, 5.74) is 6.75. The molecule has 0 N–H and O–H groups in total. The maximum Gasteiger partial charge on any atom is 0.143 e. The highest BCUT2D eigenvalue weighted by molar-refractivity contribution is 6.29. The fraction of sp³-hybridized carbons (Fsp3) is 0. The normalized spacial score (nSPS) is 12.5. The lowest BCUT2D eigenvalue weighted by atomic mass is 9.85. The summed E-state index contributed by atoms with van der Waals surface area (Å²) in [6.45, 7) is 0. The van der Waals surface area contributed by atoms with E-state index in [-0.39, 0.29) is 0 Å². The van der Waals surface area contributed by atoms with Crippen molar-refractivity contribution in [3.05, 3.63) is 158 Å². The Morgan fingerprint density at radius 3 is 1.47 bits per heavy atom. The first-order valence-electron chi connectivity index (χ1n) is 17.0. The minimum Gasteiger partial charge on any atom is -0.455 e. The van der Waals surface area contributed by atoms with Crippen LogP contribution in [0.25, 0.3) is 120 Å². The molecule has 0 fully saturated rings. The predicted molar refractivity (Wildman–Crippen MR) is 210 cm³/mol. The highest BCUT2D eigenvalue weighted by atomic mass is 16.3. The summed E-state index contributed by atoms with van der Waals surface area (Å²) in [6, 6.07) is 58.5. The van der Waals surface area contributed by atoms with Gasteiger partial charge in [0.2, 0.25) is 0 Å². The highest BCUT2D eigenvalue weighted by Crippen LogP contribution is 2.46. The maximum absolute atomic E-state index is 6.71. The first-order valence-corrected chi connectivity index (χ1v) is 17.0. The first kappa shape index (κ1) is 25.6. The first-order chi connectivity index (χ1) is 24.3. The summed E-state index contributed by atoms with van der Waals surface area (Å²) in [7, 11) is 0. The van der Waals surface area contributed by atoms with Crippen LogP contribution in [0.1, 0.15) is 0 Å². The van der Waals surface area contributed by atoms with Crippen LogP contribution in [0, 0.1) is 0 Å². The molecule has 0 radical (unpaired) electrons. The smallest absolute Gasteiger partial charge is 0.143 e. The molecule has 0 unspecified atom stereocenters. The molecule has 0 aliphatic heterocycles. The minimum atomic E-state index is 0.919. The molecule has 1 heterocycles. The summed E-state index contributed by atoms with van der Waals surface area (Å²) < 4.78 is 6.71. The molecule has 0 saturated carbocycles. The van der Waals surface area contributed by atoms with Crippen molar-refractivity contribution in [1.29, 1.82) is 0 Å². The van der Waals surface area contributed by atoms with E-state index in [9.17, 15) is 0 Å². The van der Waals surface area contributed by atoms with Crippen molar-refractivity contribution in [2.45, 2.75) is 0 Å². The second-order valence-electron chi connectivity index (χ2n) is 13.6. The number of hydrogen-bond donors (Lipinski definition) is 0. The predicted octanol–water partition coefficient (Wildman–Crippen LogP) is 13.9. The van der Waals surface area contributed by atoms with Crippen molar-refractivity contribution in [2.75, 3.05) is 0 Å². The van der Waals surface area contributed by atoms with E-state index >= 15 is 0 Å². The number of fused-ring (bicyclic) bond motifs is 5. The van der Waals surface area contributed by atoms with Gasteiger partial charge in [-0.1, -0.05) is 133 Å². The number of rotatable bonds is 2. The van der Waals surface area contributed by atoms with Crippen LogP contribution in [0.3, 0.4) is 0 Å². The van der Waals surface area contributed by atoms with Crippen molar-refractivity contribution in [1.82, 2.24) is 0 Å². The highest BCUT2D eigenvalue weighted by Gasteiger charge is 2.20. The molecule has 224 valence electrons. The van der Waals surface area contributed by atoms with Crippen LogP contribution in [0.5, 0.6) is 0 Å². The van der Waals surface area contributed by atoms with Gasteiger partial charge < -0.3 is 4.42 Å². The van der Waals surface area contributed by atoms with Gasteiger partial charge in [0.15, 0.2) is 0 Å². The second-order valence-corrected chi connectivity index (χ2v) is 13.6. The van der Waals surface area contributed by atoms with Crippen LogP contribution in [0.2, 0.25) is 0 Å². The Kier molecular flexibility index (Phi) is 4.77. The number of furan rings is 1. The molecule has 0 bridgehead atoms. The van der Waals surface area contributed by atoms with E-state index < -0.39 is 0 Å². The Morgan fingerprint density at radius 1 is 0.286 bits per heavy atom. The molecule has 11 aromatic carbocycles. The molecule has 0 atom stereocenters. The van der Waals surface area contributed by atoms with Crippen LogP contribution in [-0.4, -0.2) is 0 Å². The van der Waals surface area contributed by atoms with Crippen molar-refractivity contribution in [3.63, 3.8) is 0 Å². The fourth-order valence-corrected chi connectivity index (χ4v) is 8.95. The van der Waals surface area contributed by atoms with Crippen LogP contribution in [-0.2, 0) is 0 Å². The van der Waals surface area contributed by atoms with Gasteiger partial charge in [0, 0.05) is 16.2 Å². The van der Waals surface area contributed by atoms with Gasteiger partial charge in [0.25, 0.3) is 0 Å². The van der Waals surface area contributed by atoms with Gasteiger partial charge in [0.05, 0.1) is 0 Å². The topological polar surface area (TPSA) is 13.1 Å². The fourth-order valence-electron chi connectivity index (χ4n) is 8.95. The molecular weight excluding hydrogens is 593 g/mol. The van der Waals surface area contributed by atoms with E-state index in [1.807, 2.05) is 0 Å². The third-order valence-corrected chi connectivity index (χ3v) is 11.1. The monoisotopic (exact) mass is 618 g/mol. The van der Waals surface area contributed by atoms with Gasteiger partial charge in [-0.05, 0) is 117 Å². The van der Waals surface area contributed by atoms with Crippen molar-refractivity contribution >= 4 is 97.3 Å². The Balaban J connectivity index is 1.24. The largest absolute Gasteiger partial charge is 0.455 e. The van der Waals surface area contributed by atoms with Crippen molar-refractivity contribution in [3.8, 4) is 22.3 Å². The lowest BCUT2D eigenvalue weighted by Crippen LogP contribution is -1.91. The molecular formula is C48H26O. The van der Waals surface area contributed by atoms with Gasteiger partial charge in [-0.15, -0.1) is 0 Å². The van der Waals surface area contributed by atoms with Gasteiger partial charge in [-0.3, -0.25) is 0 Å². The Labute approximate surface area is 280 Å². The van der Waals surface area contributed by atoms with Gasteiger partial charge in [0.1, 0.15) is 11.2 Å². The van der Waals surface area contributed by atoms with E-state index in [0.717, 1.165) is 27.3 Å². The summed E-state index contributed by atoms with van der Waals surface area (Å²) in [5.74, 6) is 0. The summed E-state index contributed by atoms with van der Waals surface area (Å²) >= 11 is 0. The van der Waals surface area contributed by atoms with Gasteiger partial charge in [-0.25, -0.2) is 0 Å². The average molecular weight is 619 g/mol. The molecule has 0 amide bonds.